The lowest BCUT2D eigenvalue weighted by Gasteiger charge is -2.50. The molecule has 15 heteroatoms. The first-order valence-corrected chi connectivity index (χ1v) is 25.6. The Hall–Kier alpha value is -5.28. The Morgan fingerprint density at radius 1 is 0.333 bits per heavy atom. The van der Waals surface area contributed by atoms with Gasteiger partial charge in [-0.25, -0.2) is 0 Å². The predicted octanol–water partition coefficient (Wildman–Crippen LogP) is 6.80. The molecule has 0 unspecified atom stereocenters. The second-order valence-electron chi connectivity index (χ2n) is 19.0. The maximum Gasteiger partial charge on any atom is 0.187 e. The third kappa shape index (κ3) is 15.0. The number of aliphatic hydroxyl groups is 4. The van der Waals surface area contributed by atoms with Gasteiger partial charge in [-0.15, -0.1) is 0 Å². The molecule has 0 radical (unpaired) electrons. The molecule has 3 saturated heterocycles. The lowest BCUT2D eigenvalue weighted by Crippen LogP contribution is -2.67. The fraction of sp³-hybridized carbons (Fsp3) is 0.400. The summed E-state index contributed by atoms with van der Waals surface area (Å²) in [5.74, 6) is 0. The fourth-order valence-electron chi connectivity index (χ4n) is 9.48. The van der Waals surface area contributed by atoms with E-state index in [2.05, 4.69) is 0 Å². The van der Waals surface area contributed by atoms with Crippen LogP contribution in [0.25, 0.3) is 0 Å². The van der Waals surface area contributed by atoms with Crippen LogP contribution in [0.5, 0.6) is 0 Å². The van der Waals surface area contributed by atoms with E-state index in [4.69, 9.17) is 52.1 Å². The first kappa shape index (κ1) is 54.5. The first-order valence-electron chi connectivity index (χ1n) is 25.6. The smallest absolute Gasteiger partial charge is 0.187 e. The summed E-state index contributed by atoms with van der Waals surface area (Å²) >= 11 is 0. The summed E-state index contributed by atoms with van der Waals surface area (Å²) in [7, 11) is 0. The van der Waals surface area contributed by atoms with Gasteiger partial charge >= 0.3 is 0 Å². The highest BCUT2D eigenvalue weighted by atomic mass is 16.8. The zero-order valence-corrected chi connectivity index (χ0v) is 41.9. The molecule has 4 N–H and O–H groups in total. The van der Waals surface area contributed by atoms with E-state index < -0.39 is 92.1 Å². The third-order valence-electron chi connectivity index (χ3n) is 13.5. The molecule has 0 spiro atoms. The molecule has 398 valence electrons. The summed E-state index contributed by atoms with van der Waals surface area (Å²) in [6, 6.07) is 57.8. The molecule has 9 rings (SSSR count). The van der Waals surface area contributed by atoms with Gasteiger partial charge in [-0.2, -0.15) is 0 Å². The summed E-state index contributed by atoms with van der Waals surface area (Å²) in [5.41, 5.74) is 5.34. The molecular weight excluding hydrogens is 961 g/mol. The van der Waals surface area contributed by atoms with Crippen molar-refractivity contribution in [1.29, 1.82) is 0 Å². The van der Waals surface area contributed by atoms with Crippen molar-refractivity contribution in [3.8, 4) is 0 Å². The minimum Gasteiger partial charge on any atom is -0.387 e. The average molecular weight is 1030 g/mol. The van der Waals surface area contributed by atoms with Crippen molar-refractivity contribution in [3.63, 3.8) is 0 Å². The van der Waals surface area contributed by atoms with Crippen LogP contribution in [-0.4, -0.2) is 126 Å². The molecule has 0 aliphatic carbocycles. The second-order valence-corrected chi connectivity index (χ2v) is 19.0. The Bertz CT molecular complexity index is 2520. The van der Waals surface area contributed by atoms with E-state index in [1.54, 1.807) is 0 Å². The van der Waals surface area contributed by atoms with Gasteiger partial charge in [-0.1, -0.05) is 182 Å². The molecule has 15 nitrogen and oxygen atoms in total. The van der Waals surface area contributed by atoms with E-state index >= 15 is 0 Å². The van der Waals surface area contributed by atoms with E-state index in [1.807, 2.05) is 189 Å². The molecule has 0 amide bonds. The lowest BCUT2D eigenvalue weighted by atomic mass is 9.95. The summed E-state index contributed by atoms with van der Waals surface area (Å²) in [4.78, 5) is 0. The number of benzene rings is 6. The zero-order chi connectivity index (χ0) is 51.8. The summed E-state index contributed by atoms with van der Waals surface area (Å²) in [5, 5.41) is 46.4. The minimum atomic E-state index is -1.78. The maximum atomic E-state index is 12.1. The summed E-state index contributed by atoms with van der Waals surface area (Å²) in [6.45, 7) is 2.61. The fourth-order valence-corrected chi connectivity index (χ4v) is 9.48. The molecule has 3 aliphatic heterocycles. The van der Waals surface area contributed by atoms with Gasteiger partial charge in [-0.3, -0.25) is 0 Å². The molecule has 0 saturated carbocycles. The second kappa shape index (κ2) is 27.7. The van der Waals surface area contributed by atoms with Gasteiger partial charge < -0.3 is 72.5 Å². The number of ether oxygens (including phenoxy) is 11. The number of hydrogen-bond acceptors (Lipinski definition) is 15. The van der Waals surface area contributed by atoms with Crippen molar-refractivity contribution in [1.82, 2.24) is 0 Å². The van der Waals surface area contributed by atoms with Gasteiger partial charge in [0.05, 0.1) is 59.0 Å². The van der Waals surface area contributed by atoms with Crippen LogP contribution >= 0.6 is 0 Å². The van der Waals surface area contributed by atoms with Crippen LogP contribution in [0.2, 0.25) is 0 Å². The summed E-state index contributed by atoms with van der Waals surface area (Å²) in [6.07, 6.45) is -18.8. The van der Waals surface area contributed by atoms with Crippen LogP contribution in [0, 0.1) is 0 Å². The Kier molecular flexibility index (Phi) is 20.1. The molecule has 0 aromatic heterocycles. The molecule has 3 aliphatic rings. The van der Waals surface area contributed by atoms with Gasteiger partial charge in [0.2, 0.25) is 0 Å². The molecule has 75 heavy (non-hydrogen) atoms. The number of rotatable bonds is 24. The predicted molar refractivity (Wildman–Crippen MR) is 274 cm³/mol. The van der Waals surface area contributed by atoms with E-state index in [1.165, 1.54) is 0 Å². The van der Waals surface area contributed by atoms with Gasteiger partial charge in [0.1, 0.15) is 67.1 Å². The Morgan fingerprint density at radius 3 is 1.16 bits per heavy atom. The van der Waals surface area contributed by atoms with E-state index in [9.17, 15) is 20.4 Å². The van der Waals surface area contributed by atoms with Crippen molar-refractivity contribution in [2.75, 3.05) is 13.2 Å². The lowest BCUT2D eigenvalue weighted by molar-refractivity contribution is -0.391. The van der Waals surface area contributed by atoms with Crippen LogP contribution in [0.1, 0.15) is 40.3 Å². The highest BCUT2D eigenvalue weighted by molar-refractivity contribution is 5.18. The minimum absolute atomic E-state index is 0.00859. The molecule has 15 atom stereocenters. The number of aliphatic hydroxyl groups excluding tert-OH is 4. The number of hydrogen-bond donors (Lipinski definition) is 4. The van der Waals surface area contributed by atoms with Crippen LogP contribution in [0.4, 0.5) is 0 Å². The molecule has 3 heterocycles. The third-order valence-corrected chi connectivity index (χ3v) is 13.5. The Labute approximate surface area is 438 Å². The molecular formula is C60H68O15. The van der Waals surface area contributed by atoms with Gasteiger partial charge in [0.25, 0.3) is 0 Å². The quantitative estimate of drug-likeness (QED) is 0.0497. The van der Waals surface area contributed by atoms with Crippen LogP contribution in [0.15, 0.2) is 182 Å². The van der Waals surface area contributed by atoms with Crippen molar-refractivity contribution >= 4 is 0 Å². The standard InChI is InChI=1S/C60H68O15/c1-40-52(67-34-43-24-12-4-13-25-43)54(68-35-44-26-14-5-15-27-44)57(70-37-46-30-18-7-19-31-46)60(71-40)74-53-48(39-66-33-42-22-10-3-11-23-42)72-58(64)56(69-36-45-28-16-6-17-29-45)55(53)75-59-51(63)50(62)49(61)47(73-59)38-65-32-41-20-8-2-9-21-41/h2-31,40,47-64H,32-39H2,1H3/t40-,47+,48+,49-,50-,51+,52+,53+,54+,55-,56+,57-,58+,59-,60-/m0/s1. The van der Waals surface area contributed by atoms with E-state index in [0.29, 0.717) is 0 Å². The first-order chi connectivity index (χ1) is 36.8. The monoisotopic (exact) mass is 1030 g/mol. The topological polar surface area (TPSA) is 182 Å². The van der Waals surface area contributed by atoms with Crippen molar-refractivity contribution in [3.05, 3.63) is 215 Å². The zero-order valence-electron chi connectivity index (χ0n) is 41.9. The largest absolute Gasteiger partial charge is 0.387 e. The Balaban J connectivity index is 1.07. The summed E-state index contributed by atoms with van der Waals surface area (Å²) < 4.78 is 73.1. The Morgan fingerprint density at radius 2 is 0.707 bits per heavy atom. The highest BCUT2D eigenvalue weighted by Gasteiger charge is 2.55. The molecule has 0 bridgehead atoms. The van der Waals surface area contributed by atoms with Crippen LogP contribution in [0.3, 0.4) is 0 Å². The maximum absolute atomic E-state index is 12.1. The van der Waals surface area contributed by atoms with Crippen molar-refractivity contribution < 1.29 is 72.5 Å². The van der Waals surface area contributed by atoms with E-state index in [0.717, 1.165) is 33.4 Å². The van der Waals surface area contributed by atoms with Crippen LogP contribution < -0.4 is 0 Å². The normalized spacial score (nSPS) is 30.0. The van der Waals surface area contributed by atoms with E-state index in [-0.39, 0.29) is 52.9 Å². The average Bonchev–Trinajstić information content (AvgIpc) is 3.45. The van der Waals surface area contributed by atoms with Gasteiger partial charge in [0, 0.05) is 0 Å². The highest BCUT2D eigenvalue weighted by Crippen LogP contribution is 2.37. The van der Waals surface area contributed by atoms with Gasteiger partial charge in [0.15, 0.2) is 18.9 Å². The van der Waals surface area contributed by atoms with Gasteiger partial charge in [-0.05, 0) is 40.3 Å². The molecule has 3 fully saturated rings. The molecule has 6 aromatic carbocycles. The van der Waals surface area contributed by atoms with Crippen molar-refractivity contribution in [2.45, 2.75) is 139 Å². The SMILES string of the molecule is C[C@@H]1O[C@@H](O[C@H]2[C@H](O[C@@H]3O[C@H](COCc4ccccc4)[C@H](O)[C@H](O)[C@H]3O)[C@@H](OCc3ccccc3)[C@H](O)O[C@@H]2COCc2ccccc2)[C@@H](OCc2ccccc2)[C@H](OCc2ccccc2)[C@@H]1OCc1ccccc1. The van der Waals surface area contributed by atoms with Crippen molar-refractivity contribution in [2.24, 2.45) is 0 Å². The van der Waals surface area contributed by atoms with Crippen LogP contribution in [-0.2, 0) is 91.7 Å². The molecule has 6 aromatic rings.